The van der Waals surface area contributed by atoms with Gasteiger partial charge in [-0.15, -0.1) is 0 Å². The average molecular weight is 253 g/mol. The third-order valence-electron chi connectivity index (χ3n) is 2.31. The van der Waals surface area contributed by atoms with Gasteiger partial charge in [-0.1, -0.05) is 20.8 Å². The Bertz CT molecular complexity index is 395. The van der Waals surface area contributed by atoms with E-state index in [1.54, 1.807) is 11.9 Å². The lowest BCUT2D eigenvalue weighted by Gasteiger charge is -2.26. The van der Waals surface area contributed by atoms with Crippen LogP contribution in [0.4, 0.5) is 4.39 Å². The molecule has 4 heteroatoms. The highest BCUT2D eigenvalue weighted by molar-refractivity contribution is 5.77. The Morgan fingerprint density at radius 3 is 2.33 bits per heavy atom. The quantitative estimate of drug-likeness (QED) is 0.825. The zero-order valence-corrected chi connectivity index (χ0v) is 11.4. The van der Waals surface area contributed by atoms with E-state index in [0.717, 1.165) is 0 Å². The molecule has 0 aliphatic rings. The first-order valence-corrected chi connectivity index (χ1v) is 5.90. The van der Waals surface area contributed by atoms with Gasteiger partial charge in [-0.2, -0.15) is 0 Å². The zero-order chi connectivity index (χ0) is 13.8. The van der Waals surface area contributed by atoms with Gasteiger partial charge in [0, 0.05) is 13.6 Å². The molecule has 1 rings (SSSR count). The standard InChI is InChI=1S/C14H20FNO2/c1-14(2,3)10-16(4)13(17)9-18-12-7-5-11(15)6-8-12/h5-8H,9-10H2,1-4H3. The summed E-state index contributed by atoms with van der Waals surface area (Å²) in [4.78, 5) is 13.4. The van der Waals surface area contributed by atoms with Crippen molar-refractivity contribution in [2.24, 2.45) is 5.41 Å². The summed E-state index contributed by atoms with van der Waals surface area (Å²) >= 11 is 0. The van der Waals surface area contributed by atoms with E-state index in [-0.39, 0.29) is 23.7 Å². The fraction of sp³-hybridized carbons (Fsp3) is 0.500. The van der Waals surface area contributed by atoms with Gasteiger partial charge in [0.2, 0.25) is 0 Å². The number of likely N-dealkylation sites (N-methyl/N-ethyl adjacent to an activating group) is 1. The van der Waals surface area contributed by atoms with Crippen LogP contribution in [-0.4, -0.2) is 31.0 Å². The molecule has 1 aromatic carbocycles. The van der Waals surface area contributed by atoms with Gasteiger partial charge in [-0.05, 0) is 29.7 Å². The van der Waals surface area contributed by atoms with Crippen molar-refractivity contribution in [3.05, 3.63) is 30.1 Å². The summed E-state index contributed by atoms with van der Waals surface area (Å²) in [5.41, 5.74) is 0.0558. The van der Waals surface area contributed by atoms with Gasteiger partial charge in [0.1, 0.15) is 11.6 Å². The van der Waals surface area contributed by atoms with Crippen molar-refractivity contribution >= 4 is 5.91 Å². The van der Waals surface area contributed by atoms with E-state index in [4.69, 9.17) is 4.74 Å². The van der Waals surface area contributed by atoms with E-state index in [1.165, 1.54) is 24.3 Å². The van der Waals surface area contributed by atoms with Crippen molar-refractivity contribution in [2.45, 2.75) is 20.8 Å². The second-order valence-electron chi connectivity index (χ2n) is 5.55. The molecular weight excluding hydrogens is 233 g/mol. The fourth-order valence-corrected chi connectivity index (χ4v) is 1.59. The summed E-state index contributed by atoms with van der Waals surface area (Å²) in [6.45, 7) is 6.84. The number of carbonyl (C=O) groups is 1. The van der Waals surface area contributed by atoms with Gasteiger partial charge in [0.05, 0.1) is 0 Å². The van der Waals surface area contributed by atoms with E-state index in [0.29, 0.717) is 12.3 Å². The third-order valence-corrected chi connectivity index (χ3v) is 2.31. The predicted octanol–water partition coefficient (Wildman–Crippen LogP) is 2.71. The van der Waals surface area contributed by atoms with Crippen LogP contribution in [0.3, 0.4) is 0 Å². The Balaban J connectivity index is 2.43. The molecule has 0 spiro atoms. The van der Waals surface area contributed by atoms with Gasteiger partial charge < -0.3 is 9.64 Å². The molecule has 0 heterocycles. The number of rotatable bonds is 4. The lowest BCUT2D eigenvalue weighted by Crippen LogP contribution is -2.37. The van der Waals surface area contributed by atoms with Gasteiger partial charge in [-0.25, -0.2) is 4.39 Å². The molecule has 1 aromatic rings. The molecule has 0 fully saturated rings. The normalized spacial score (nSPS) is 11.2. The van der Waals surface area contributed by atoms with Crippen molar-refractivity contribution in [1.82, 2.24) is 4.90 Å². The van der Waals surface area contributed by atoms with Gasteiger partial charge >= 0.3 is 0 Å². The Labute approximate surface area is 108 Å². The number of carbonyl (C=O) groups excluding carboxylic acids is 1. The van der Waals surface area contributed by atoms with Gasteiger partial charge in [0.15, 0.2) is 6.61 Å². The molecule has 0 aliphatic heterocycles. The van der Waals surface area contributed by atoms with Crippen LogP contribution in [0.2, 0.25) is 0 Å². The number of hydrogen-bond acceptors (Lipinski definition) is 2. The Hall–Kier alpha value is -1.58. The molecule has 0 radical (unpaired) electrons. The summed E-state index contributed by atoms with van der Waals surface area (Å²) < 4.78 is 18.0. The zero-order valence-electron chi connectivity index (χ0n) is 11.4. The molecule has 3 nitrogen and oxygen atoms in total. The van der Waals surface area contributed by atoms with E-state index in [9.17, 15) is 9.18 Å². The predicted molar refractivity (Wildman–Crippen MR) is 69.0 cm³/mol. The van der Waals surface area contributed by atoms with Crippen LogP contribution in [0.15, 0.2) is 24.3 Å². The van der Waals surface area contributed by atoms with Crippen LogP contribution in [0.5, 0.6) is 5.75 Å². The molecule has 100 valence electrons. The lowest BCUT2D eigenvalue weighted by atomic mass is 9.96. The highest BCUT2D eigenvalue weighted by Crippen LogP contribution is 2.15. The summed E-state index contributed by atoms with van der Waals surface area (Å²) in [5.74, 6) is 0.0849. The molecule has 0 atom stereocenters. The van der Waals surface area contributed by atoms with E-state index in [1.807, 2.05) is 0 Å². The maximum absolute atomic E-state index is 12.7. The molecule has 1 amide bonds. The first-order valence-electron chi connectivity index (χ1n) is 5.90. The summed E-state index contributed by atoms with van der Waals surface area (Å²) in [5, 5.41) is 0. The Kier molecular flexibility index (Phi) is 4.70. The summed E-state index contributed by atoms with van der Waals surface area (Å²) in [7, 11) is 1.75. The molecular formula is C14H20FNO2. The SMILES string of the molecule is CN(CC(C)(C)C)C(=O)COc1ccc(F)cc1. The molecule has 0 aromatic heterocycles. The molecule has 0 aliphatic carbocycles. The molecule has 0 bridgehead atoms. The van der Waals surface area contributed by atoms with Crippen molar-refractivity contribution in [2.75, 3.05) is 20.2 Å². The number of ether oxygens (including phenoxy) is 1. The molecule has 0 saturated carbocycles. The minimum atomic E-state index is -0.321. The van der Waals surface area contributed by atoms with Crippen molar-refractivity contribution < 1.29 is 13.9 Å². The van der Waals surface area contributed by atoms with Crippen LogP contribution in [0, 0.1) is 11.2 Å². The van der Waals surface area contributed by atoms with E-state index < -0.39 is 0 Å². The highest BCUT2D eigenvalue weighted by atomic mass is 19.1. The fourth-order valence-electron chi connectivity index (χ4n) is 1.59. The van der Waals surface area contributed by atoms with Gasteiger partial charge in [-0.3, -0.25) is 4.79 Å². The number of nitrogens with zero attached hydrogens (tertiary/aromatic N) is 1. The summed E-state index contributed by atoms with van der Waals surface area (Å²) in [6.07, 6.45) is 0. The topological polar surface area (TPSA) is 29.5 Å². The van der Waals surface area contributed by atoms with Crippen LogP contribution in [0.25, 0.3) is 0 Å². The first kappa shape index (κ1) is 14.5. The van der Waals surface area contributed by atoms with Crippen molar-refractivity contribution in [3.8, 4) is 5.75 Å². The van der Waals surface area contributed by atoms with Crippen LogP contribution in [0.1, 0.15) is 20.8 Å². The number of hydrogen-bond donors (Lipinski definition) is 0. The van der Waals surface area contributed by atoms with Gasteiger partial charge in [0.25, 0.3) is 5.91 Å². The Morgan fingerprint density at radius 2 is 1.83 bits per heavy atom. The minimum Gasteiger partial charge on any atom is -0.484 e. The number of benzene rings is 1. The van der Waals surface area contributed by atoms with Crippen LogP contribution < -0.4 is 4.74 Å². The molecule has 0 unspecified atom stereocenters. The third kappa shape index (κ3) is 5.17. The van der Waals surface area contributed by atoms with Crippen molar-refractivity contribution in [1.29, 1.82) is 0 Å². The summed E-state index contributed by atoms with van der Waals surface area (Å²) in [6, 6.07) is 5.62. The number of halogens is 1. The van der Waals surface area contributed by atoms with Crippen LogP contribution >= 0.6 is 0 Å². The monoisotopic (exact) mass is 253 g/mol. The average Bonchev–Trinajstić information content (AvgIpc) is 2.25. The molecule has 0 saturated heterocycles. The first-order chi connectivity index (χ1) is 8.28. The van der Waals surface area contributed by atoms with Crippen molar-refractivity contribution in [3.63, 3.8) is 0 Å². The molecule has 0 N–H and O–H groups in total. The smallest absolute Gasteiger partial charge is 0.260 e. The minimum absolute atomic E-state index is 0.0296. The van der Waals surface area contributed by atoms with Crippen LogP contribution in [-0.2, 0) is 4.79 Å². The van der Waals surface area contributed by atoms with E-state index >= 15 is 0 Å². The maximum atomic E-state index is 12.7. The largest absolute Gasteiger partial charge is 0.484 e. The van der Waals surface area contributed by atoms with E-state index in [2.05, 4.69) is 20.8 Å². The number of amides is 1. The molecule has 18 heavy (non-hydrogen) atoms. The second-order valence-corrected chi connectivity index (χ2v) is 5.55. The second kappa shape index (κ2) is 5.85. The maximum Gasteiger partial charge on any atom is 0.260 e. The highest BCUT2D eigenvalue weighted by Gasteiger charge is 2.17. The Morgan fingerprint density at radius 1 is 1.28 bits per heavy atom. The lowest BCUT2D eigenvalue weighted by molar-refractivity contribution is -0.133.